The van der Waals surface area contributed by atoms with E-state index >= 15 is 0 Å². The number of phenols is 1. The lowest BCUT2D eigenvalue weighted by molar-refractivity contribution is -0.142. The van der Waals surface area contributed by atoms with E-state index in [9.17, 15) is 67.7 Å². The van der Waals surface area contributed by atoms with Gasteiger partial charge in [0.25, 0.3) is 0 Å². The first-order chi connectivity index (χ1) is 54.0. The lowest BCUT2D eigenvalue weighted by Gasteiger charge is -2.28. The highest BCUT2D eigenvalue weighted by Crippen LogP contribution is 2.15. The molecule has 0 aromatic heterocycles. The molecule has 0 aliphatic heterocycles. The van der Waals surface area contributed by atoms with Gasteiger partial charge in [-0.25, -0.2) is 4.79 Å². The smallest absolute Gasteiger partial charge is 0.326 e. The number of hydrogen-bond acceptors (Lipinski definition) is 21. The maximum atomic E-state index is 14.9. The number of hydrogen-bond donors (Lipinski definition) is 32. The van der Waals surface area contributed by atoms with Crippen molar-refractivity contribution < 1.29 is 67.7 Å². The molecule has 0 aliphatic carbocycles. The van der Waals surface area contributed by atoms with Crippen LogP contribution < -0.4 is 131 Å². The van der Waals surface area contributed by atoms with Gasteiger partial charge in [0, 0.05) is 52.1 Å². The van der Waals surface area contributed by atoms with Gasteiger partial charge in [-0.1, -0.05) is 56.3 Å². The zero-order valence-electron chi connectivity index (χ0n) is 64.5. The summed E-state index contributed by atoms with van der Waals surface area (Å²) in [6.45, 7) is 2.38. The molecule has 0 saturated heterocycles. The van der Waals surface area contributed by atoms with Crippen LogP contribution in [0.5, 0.6) is 5.75 Å². The van der Waals surface area contributed by atoms with Crippen molar-refractivity contribution in [2.45, 2.75) is 177 Å². The number of carbonyl (C=O) groups excluding carboxylic acids is 11. The molecule has 0 bridgehead atoms. The Morgan fingerprint density at radius 1 is 0.360 bits per heavy atom. The van der Waals surface area contributed by atoms with Crippen molar-refractivity contribution in [2.24, 2.45) is 46.1 Å². The lowest BCUT2D eigenvalue weighted by atomic mass is 10.0. The second kappa shape index (κ2) is 54.4. The SMILES string of the molecule is CSCC[C@H](NC(=O)[C@H](CCCNC(=N)N)NC(=O)[C@H](CCCNC(=N)N)NC(=O)[C@H](CCCNC(=N)N)NC(=O)[C@H](CCCNC(=N)N)NC(=O)[C@H](CCCNC(=N)N)NC(=O)[C@@H](N)CCCNC(=N)N)C(=O)N[C@@H](Cc1ccc(O)cc1)C(=O)NCC(=O)NCC(=O)N[C@@H](Cc1ccccc1)C(=O)N[C@@H](CC(C)C)C(=O)O. The molecule has 0 unspecified atom stereocenters. The topological polar surface area (TPSA) is 775 Å². The molecule has 634 valence electrons. The van der Waals surface area contributed by atoms with Crippen molar-refractivity contribution >= 4 is 118 Å². The van der Waals surface area contributed by atoms with Gasteiger partial charge >= 0.3 is 5.97 Å². The van der Waals surface area contributed by atoms with Crippen LogP contribution in [0.15, 0.2) is 54.6 Å². The summed E-state index contributed by atoms with van der Waals surface area (Å²) in [7, 11) is 0. The number of aromatic hydroxyl groups is 1. The molecule has 0 radical (unpaired) electrons. The first kappa shape index (κ1) is 97.9. The van der Waals surface area contributed by atoms with E-state index in [0.29, 0.717) is 17.5 Å². The Bertz CT molecular complexity index is 3530. The third-order valence-electron chi connectivity index (χ3n) is 16.8. The second-order valence-electron chi connectivity index (χ2n) is 26.9. The van der Waals surface area contributed by atoms with Crippen LogP contribution in [0, 0.1) is 38.4 Å². The largest absolute Gasteiger partial charge is 0.508 e. The molecule has 2 aromatic carbocycles. The summed E-state index contributed by atoms with van der Waals surface area (Å²) in [5.41, 5.74) is 40.3. The summed E-state index contributed by atoms with van der Waals surface area (Å²) in [6.07, 6.45) is 1.27. The summed E-state index contributed by atoms with van der Waals surface area (Å²) < 4.78 is 0. The zero-order valence-corrected chi connectivity index (χ0v) is 65.3. The van der Waals surface area contributed by atoms with Crippen molar-refractivity contribution in [3.8, 4) is 5.75 Å². The van der Waals surface area contributed by atoms with E-state index in [0.717, 1.165) is 0 Å². The van der Waals surface area contributed by atoms with Gasteiger partial charge in [-0.3, -0.25) is 85.2 Å². The van der Waals surface area contributed by atoms with E-state index in [1.807, 2.05) is 0 Å². The Kier molecular flexibility index (Phi) is 46.8. The maximum absolute atomic E-state index is 14.9. The zero-order chi connectivity index (χ0) is 85.2. The van der Waals surface area contributed by atoms with Crippen LogP contribution in [0.2, 0.25) is 0 Å². The number of carboxylic acid groups (broad SMARTS) is 1. The first-order valence-corrected chi connectivity index (χ1v) is 38.4. The fourth-order valence-corrected chi connectivity index (χ4v) is 11.4. The summed E-state index contributed by atoms with van der Waals surface area (Å²) in [4.78, 5) is 168. The second-order valence-corrected chi connectivity index (χ2v) is 27.9. The minimum Gasteiger partial charge on any atom is -0.508 e. The highest BCUT2D eigenvalue weighted by molar-refractivity contribution is 7.98. The van der Waals surface area contributed by atoms with Crippen LogP contribution in [-0.2, 0) is 70.4 Å². The van der Waals surface area contributed by atoms with Crippen LogP contribution >= 0.6 is 11.8 Å². The lowest BCUT2D eigenvalue weighted by Crippen LogP contribution is -2.60. The molecule has 10 atom stereocenters. The fraction of sp³-hybridized carbons (Fsp3) is 0.565. The number of amides is 11. The van der Waals surface area contributed by atoms with Gasteiger partial charge in [0.05, 0.1) is 19.1 Å². The van der Waals surface area contributed by atoms with Crippen LogP contribution in [0.1, 0.15) is 115 Å². The highest BCUT2D eigenvalue weighted by atomic mass is 32.2. The summed E-state index contributed by atoms with van der Waals surface area (Å²) in [5, 5.41) is 110. The molecule has 2 aromatic rings. The van der Waals surface area contributed by atoms with E-state index < -0.39 is 168 Å². The normalized spacial score (nSPS) is 13.4. The van der Waals surface area contributed by atoms with E-state index in [1.165, 1.54) is 36.0 Å². The van der Waals surface area contributed by atoms with Crippen molar-refractivity contribution in [3.63, 3.8) is 0 Å². The Morgan fingerprint density at radius 2 is 0.658 bits per heavy atom. The van der Waals surface area contributed by atoms with Crippen molar-refractivity contribution in [2.75, 3.05) is 64.4 Å². The standard InChI is InChI=1S/C69H118N30O14S/c1-38(2)33-51(63(112)113)99-62(111)50(34-39-13-5-4-6-14-39)91-53(102)37-89-52(101)36-90-55(104)49(35-40-21-23-41(100)24-22-40)98-61(110)48(25-32-114-3)97-60(109)47(20-12-31-88-69(81)82)96-59(108)46(19-11-30-87-68(79)80)95-58(107)45(18-10-29-86-67(77)78)94-57(106)44(17-9-28-85-66(75)76)93-56(105)43(16-8-27-84-65(73)74)92-54(103)42(70)15-7-26-83-64(71)72/h4-6,13-14,21-24,38,42-51,100H,7-12,15-20,25-37,70H2,1-3H3,(H,89,101)(H,90,104)(H,91,102)(H,92,103)(H,93,105)(H,94,106)(H,95,107)(H,96,108)(H,97,109)(H,98,110)(H,99,111)(H,112,113)(H4,71,72,83)(H4,73,74,84)(H4,75,76,85)(H4,77,78,86)(H4,79,80,87)(H4,81,82,88)/t42-,43-,44-,45-,46-,47-,48-,49-,50-,51-/m0/s1. The van der Waals surface area contributed by atoms with Crippen LogP contribution in [0.4, 0.5) is 0 Å². The number of guanidine groups is 6. The van der Waals surface area contributed by atoms with Crippen LogP contribution in [-0.4, -0.2) is 242 Å². The minimum atomic E-state index is -1.57. The number of aliphatic carboxylic acids is 1. The summed E-state index contributed by atoms with van der Waals surface area (Å²) in [6, 6.07) is -0.0161. The van der Waals surface area contributed by atoms with Crippen molar-refractivity contribution in [3.05, 3.63) is 65.7 Å². The summed E-state index contributed by atoms with van der Waals surface area (Å²) in [5.74, 6) is -13.5. The van der Waals surface area contributed by atoms with Crippen LogP contribution in [0.3, 0.4) is 0 Å². The molecule has 2 rings (SSSR count). The summed E-state index contributed by atoms with van der Waals surface area (Å²) >= 11 is 1.28. The molecular formula is C69H118N30O14S. The number of carboxylic acids is 1. The Balaban J connectivity index is 2.60. The Labute approximate surface area is 665 Å². The molecular weight excluding hydrogens is 1510 g/mol. The molecule has 0 spiro atoms. The molecule has 0 heterocycles. The average Bonchev–Trinajstić information content (AvgIpc) is 0.855. The number of rotatable bonds is 56. The Morgan fingerprint density at radius 3 is 1.00 bits per heavy atom. The van der Waals surface area contributed by atoms with Gasteiger partial charge in [0.2, 0.25) is 65.0 Å². The first-order valence-electron chi connectivity index (χ1n) is 37.0. The molecule has 44 nitrogen and oxygen atoms in total. The van der Waals surface area contributed by atoms with E-state index in [1.54, 1.807) is 50.4 Å². The molecule has 39 N–H and O–H groups in total. The number of thioether (sulfide) groups is 1. The Hall–Kier alpha value is -12.2. The van der Waals surface area contributed by atoms with E-state index in [2.05, 4.69) is 90.4 Å². The van der Waals surface area contributed by atoms with Gasteiger partial charge in [-0.15, -0.1) is 0 Å². The number of nitrogens with one attached hydrogen (secondary N) is 23. The van der Waals surface area contributed by atoms with Crippen LogP contribution in [0.25, 0.3) is 0 Å². The molecule has 11 amide bonds. The van der Waals surface area contributed by atoms with Gasteiger partial charge in [-0.2, -0.15) is 11.8 Å². The van der Waals surface area contributed by atoms with Gasteiger partial charge < -0.3 is 141 Å². The van der Waals surface area contributed by atoms with Gasteiger partial charge in [0.1, 0.15) is 60.1 Å². The molecule has 114 heavy (non-hydrogen) atoms. The molecule has 0 aliphatic rings. The quantitative estimate of drug-likeness (QED) is 0.0166. The minimum absolute atomic E-state index is 0.00994. The van der Waals surface area contributed by atoms with Crippen molar-refractivity contribution in [1.29, 1.82) is 32.5 Å². The molecule has 45 heteroatoms. The molecule has 0 fully saturated rings. The number of benzene rings is 2. The third-order valence-corrected chi connectivity index (χ3v) is 17.5. The third kappa shape index (κ3) is 43.4. The van der Waals surface area contributed by atoms with Crippen molar-refractivity contribution in [1.82, 2.24) is 90.4 Å². The fourth-order valence-electron chi connectivity index (χ4n) is 11.0. The average molecular weight is 1620 g/mol. The predicted octanol–water partition coefficient (Wildman–Crippen LogP) is -7.44. The van der Waals surface area contributed by atoms with E-state index in [-0.39, 0.29) is 165 Å². The van der Waals surface area contributed by atoms with E-state index in [4.69, 9.17) is 72.6 Å². The number of phenolic OH excluding ortho intramolecular Hbond substituents is 1. The van der Waals surface area contributed by atoms with Gasteiger partial charge in [-0.05, 0) is 131 Å². The molecule has 0 saturated carbocycles. The number of carbonyl (C=O) groups is 12. The monoisotopic (exact) mass is 1620 g/mol. The maximum Gasteiger partial charge on any atom is 0.326 e. The van der Waals surface area contributed by atoms with Gasteiger partial charge in [0.15, 0.2) is 35.8 Å². The highest BCUT2D eigenvalue weighted by Gasteiger charge is 2.36. The predicted molar refractivity (Wildman–Crippen MR) is 428 cm³/mol. The number of nitrogens with two attached hydrogens (primary N) is 7.